The lowest BCUT2D eigenvalue weighted by Crippen LogP contribution is -2.42. The maximum atomic E-state index is 14.7. The summed E-state index contributed by atoms with van der Waals surface area (Å²) in [5.41, 5.74) is 0.502. The van der Waals surface area contributed by atoms with E-state index in [2.05, 4.69) is 15.3 Å². The van der Waals surface area contributed by atoms with Crippen molar-refractivity contribution in [3.63, 3.8) is 0 Å². The number of nitrogens with one attached hydrogen (secondary N) is 2. The third kappa shape index (κ3) is 5.22. The maximum Gasteiger partial charge on any atom is 0.261 e. The number of thioether (sulfide) groups is 1. The zero-order chi connectivity index (χ0) is 21.1. The van der Waals surface area contributed by atoms with Crippen LogP contribution in [-0.4, -0.2) is 62.3 Å². The lowest BCUT2D eigenvalue weighted by molar-refractivity contribution is 0.1000. The number of hydrogen-bond donors (Lipinski definition) is 2. The molecular weight excluding hydrogens is 427 g/mol. The largest absolute Gasteiger partial charge is 0.381 e. The molecule has 2 fully saturated rings. The van der Waals surface area contributed by atoms with E-state index in [4.69, 9.17) is 4.74 Å². The first-order valence-corrected chi connectivity index (χ1v) is 12.8. The van der Waals surface area contributed by atoms with Crippen molar-refractivity contribution < 1.29 is 13.3 Å². The lowest BCUT2D eigenvalue weighted by atomic mass is 10.1. The molecule has 0 aliphatic carbocycles. The molecule has 1 aromatic heterocycles. The fourth-order valence-electron chi connectivity index (χ4n) is 3.99. The molecule has 2 aliphatic rings. The summed E-state index contributed by atoms with van der Waals surface area (Å²) in [6.07, 6.45) is 5.51. The first kappa shape index (κ1) is 21.7. The molecule has 164 valence electrons. The zero-order valence-corrected chi connectivity index (χ0v) is 18.6. The minimum atomic E-state index is -1.02. The molecule has 2 unspecified atom stereocenters. The highest BCUT2D eigenvalue weighted by Crippen LogP contribution is 2.26. The molecule has 2 aliphatic heterocycles. The van der Waals surface area contributed by atoms with Gasteiger partial charge in [0, 0.05) is 49.5 Å². The van der Waals surface area contributed by atoms with Crippen molar-refractivity contribution in [2.24, 2.45) is 0 Å². The van der Waals surface area contributed by atoms with E-state index in [0.717, 1.165) is 45.4 Å². The van der Waals surface area contributed by atoms with Gasteiger partial charge in [0.05, 0.1) is 22.3 Å². The van der Waals surface area contributed by atoms with Crippen LogP contribution in [0.2, 0.25) is 0 Å². The molecule has 3 heterocycles. The molecule has 0 radical (unpaired) electrons. The summed E-state index contributed by atoms with van der Waals surface area (Å²) in [6.45, 7) is 2.98. The van der Waals surface area contributed by atoms with Gasteiger partial charge in [0.25, 0.3) is 5.56 Å². The summed E-state index contributed by atoms with van der Waals surface area (Å²) in [4.78, 5) is 19.7. The van der Waals surface area contributed by atoms with Crippen LogP contribution in [0.15, 0.2) is 16.9 Å². The van der Waals surface area contributed by atoms with Crippen molar-refractivity contribution in [3.8, 4) is 0 Å². The van der Waals surface area contributed by atoms with Crippen LogP contribution in [0.4, 0.5) is 10.1 Å². The topological polar surface area (TPSA) is 87.3 Å². The first-order chi connectivity index (χ1) is 14.5. The number of nitrogens with zero attached hydrogens (tertiary/aromatic N) is 2. The fraction of sp³-hybridized carbons (Fsp3) is 0.600. The van der Waals surface area contributed by atoms with Gasteiger partial charge < -0.3 is 15.0 Å². The lowest BCUT2D eigenvalue weighted by Gasteiger charge is -2.31. The molecule has 0 amide bonds. The van der Waals surface area contributed by atoms with Crippen LogP contribution in [-0.2, 0) is 21.5 Å². The summed E-state index contributed by atoms with van der Waals surface area (Å²) in [5.74, 6) is 0.555. The van der Waals surface area contributed by atoms with E-state index in [9.17, 15) is 13.4 Å². The smallest absolute Gasteiger partial charge is 0.261 e. The predicted molar refractivity (Wildman–Crippen MR) is 120 cm³/mol. The molecule has 2 atom stereocenters. The summed E-state index contributed by atoms with van der Waals surface area (Å²) in [7, 11) is -1.02. The minimum Gasteiger partial charge on any atom is -0.381 e. The van der Waals surface area contributed by atoms with Crippen molar-refractivity contribution in [1.82, 2.24) is 14.3 Å². The number of H-pyrrole nitrogens is 1. The number of hydrogen-bond acceptors (Lipinski definition) is 6. The monoisotopic (exact) mass is 454 g/mol. The highest BCUT2D eigenvalue weighted by atomic mass is 32.2. The van der Waals surface area contributed by atoms with Gasteiger partial charge in [-0.05, 0) is 37.8 Å². The Hall–Kier alpha value is -1.49. The van der Waals surface area contributed by atoms with Gasteiger partial charge in [-0.15, -0.1) is 0 Å². The van der Waals surface area contributed by atoms with Gasteiger partial charge in [-0.2, -0.15) is 11.8 Å². The van der Waals surface area contributed by atoms with E-state index in [-0.39, 0.29) is 11.4 Å². The van der Waals surface area contributed by atoms with Crippen LogP contribution in [0.25, 0.3) is 10.9 Å². The van der Waals surface area contributed by atoms with E-state index >= 15 is 0 Å². The molecule has 2 saturated heterocycles. The highest BCUT2D eigenvalue weighted by Gasteiger charge is 2.22. The Bertz CT molecular complexity index is 980. The van der Waals surface area contributed by atoms with E-state index < -0.39 is 22.4 Å². The third-order valence-electron chi connectivity index (χ3n) is 5.55. The molecule has 0 spiro atoms. The number of halogens is 1. The van der Waals surface area contributed by atoms with Crippen molar-refractivity contribution in [2.75, 3.05) is 37.9 Å². The van der Waals surface area contributed by atoms with Gasteiger partial charge in [0.2, 0.25) is 0 Å². The van der Waals surface area contributed by atoms with Gasteiger partial charge in [0.15, 0.2) is 0 Å². The molecule has 2 N–H and O–H groups in total. The van der Waals surface area contributed by atoms with Crippen LogP contribution in [0.1, 0.15) is 31.5 Å². The number of benzene rings is 1. The molecule has 30 heavy (non-hydrogen) atoms. The van der Waals surface area contributed by atoms with Gasteiger partial charge in [-0.25, -0.2) is 17.9 Å². The predicted octanol–water partition coefficient (Wildman–Crippen LogP) is 2.64. The van der Waals surface area contributed by atoms with Crippen LogP contribution in [0.3, 0.4) is 0 Å². The summed E-state index contributed by atoms with van der Waals surface area (Å²) in [5, 5.41) is 3.81. The SMILES string of the molecule is CS(=O)N1CCCC(Nc2cc(F)c3c(=O)[nH]c(CSC4CCOCC4)nc3c2)C1. The average Bonchev–Trinajstić information content (AvgIpc) is 2.72. The average molecular weight is 455 g/mol. The van der Waals surface area contributed by atoms with E-state index in [1.165, 1.54) is 6.07 Å². The normalized spacial score (nSPS) is 22.3. The van der Waals surface area contributed by atoms with Crippen LogP contribution >= 0.6 is 11.8 Å². The van der Waals surface area contributed by atoms with Crippen molar-refractivity contribution >= 4 is 39.3 Å². The molecule has 4 rings (SSSR count). The Kier molecular flexibility index (Phi) is 7.07. The van der Waals surface area contributed by atoms with E-state index in [1.54, 1.807) is 24.1 Å². The molecule has 0 bridgehead atoms. The number of rotatable bonds is 6. The Morgan fingerprint density at radius 2 is 2.17 bits per heavy atom. The van der Waals surface area contributed by atoms with Gasteiger partial charge in [-0.1, -0.05) is 0 Å². The Labute approximate surface area is 181 Å². The summed E-state index contributed by atoms with van der Waals surface area (Å²) >= 11 is 1.75. The van der Waals surface area contributed by atoms with E-state index in [1.807, 2.05) is 4.31 Å². The maximum absolute atomic E-state index is 14.7. The number of anilines is 1. The third-order valence-corrected chi connectivity index (χ3v) is 7.99. The zero-order valence-electron chi connectivity index (χ0n) is 17.0. The second kappa shape index (κ2) is 9.76. The quantitative estimate of drug-likeness (QED) is 0.698. The number of piperidine rings is 1. The molecule has 10 heteroatoms. The molecule has 2 aromatic rings. The second-order valence-corrected chi connectivity index (χ2v) is 10.4. The number of fused-ring (bicyclic) bond motifs is 1. The van der Waals surface area contributed by atoms with Crippen LogP contribution in [0, 0.1) is 5.82 Å². The number of aromatic amines is 1. The second-order valence-electron chi connectivity index (χ2n) is 7.78. The van der Waals surface area contributed by atoms with Crippen molar-refractivity contribution in [3.05, 3.63) is 34.1 Å². The van der Waals surface area contributed by atoms with Crippen molar-refractivity contribution in [2.45, 2.75) is 42.7 Å². The van der Waals surface area contributed by atoms with Gasteiger partial charge in [-0.3, -0.25) is 4.79 Å². The molecule has 0 saturated carbocycles. The minimum absolute atomic E-state index is 0.0136. The van der Waals surface area contributed by atoms with Crippen LogP contribution in [0.5, 0.6) is 0 Å². The van der Waals surface area contributed by atoms with E-state index in [0.29, 0.717) is 34.6 Å². The molecular formula is C20H27FN4O3S2. The molecule has 7 nitrogen and oxygen atoms in total. The Balaban J connectivity index is 1.52. The fourth-order valence-corrected chi connectivity index (χ4v) is 5.82. The first-order valence-electron chi connectivity index (χ1n) is 10.3. The molecule has 1 aromatic carbocycles. The Morgan fingerprint density at radius 3 is 2.93 bits per heavy atom. The number of aromatic nitrogens is 2. The number of ether oxygens (including phenoxy) is 1. The van der Waals surface area contributed by atoms with Crippen molar-refractivity contribution in [1.29, 1.82) is 0 Å². The Morgan fingerprint density at radius 1 is 1.37 bits per heavy atom. The van der Waals surface area contributed by atoms with Crippen LogP contribution < -0.4 is 10.9 Å². The van der Waals surface area contributed by atoms with Gasteiger partial charge >= 0.3 is 0 Å². The standard InChI is InChI=1S/C20H27FN4O3S2/c1-30(27)25-6-2-3-13(11-25)22-14-9-16(21)19-17(10-14)23-18(24-20(19)26)12-29-15-4-7-28-8-5-15/h9-10,13,15,22H,2-8,11-12H2,1H3,(H,23,24,26). The summed E-state index contributed by atoms with van der Waals surface area (Å²) in [6, 6.07) is 3.15. The summed E-state index contributed by atoms with van der Waals surface area (Å²) < 4.78 is 33.8. The highest BCUT2D eigenvalue weighted by molar-refractivity contribution is 7.99. The van der Waals surface area contributed by atoms with Gasteiger partial charge in [0.1, 0.15) is 17.0 Å².